The lowest BCUT2D eigenvalue weighted by atomic mass is 10.1. The highest BCUT2D eigenvalue weighted by Crippen LogP contribution is 2.23. The topological polar surface area (TPSA) is 97.7 Å². The molecule has 1 N–H and O–H groups in total. The molecule has 0 saturated heterocycles. The summed E-state index contributed by atoms with van der Waals surface area (Å²) in [5, 5.41) is 14.4. The molecule has 1 heterocycles. The summed E-state index contributed by atoms with van der Waals surface area (Å²) in [6.45, 7) is 0. The molecule has 1 aromatic heterocycles. The number of amides is 1. The van der Waals surface area contributed by atoms with Crippen LogP contribution in [0, 0.1) is 15.9 Å². The minimum atomic E-state index is -0.483. The third-order valence-electron chi connectivity index (χ3n) is 3.45. The number of rotatable bonds is 5. The molecule has 0 bridgehead atoms. The maximum Gasteiger partial charge on any atom is 0.271 e. The summed E-state index contributed by atoms with van der Waals surface area (Å²) in [6.07, 6.45) is 1.32. The molecule has 130 valence electrons. The Morgan fingerprint density at radius 1 is 1.08 bits per heavy atom. The standard InChI is InChI=1S/C18H12FN3O4/c19-14-5-1-13(2-6-14)18(23)21-20-11-16-9-10-17(26-16)12-3-7-15(8-4-12)22(24)25/h1-11H,(H,21,23)/b20-11+. The Morgan fingerprint density at radius 2 is 1.77 bits per heavy atom. The zero-order chi connectivity index (χ0) is 18.5. The van der Waals surface area contributed by atoms with Crippen LogP contribution in [0.3, 0.4) is 0 Å². The van der Waals surface area contributed by atoms with Crippen molar-refractivity contribution in [3.63, 3.8) is 0 Å². The lowest BCUT2D eigenvalue weighted by Crippen LogP contribution is -2.17. The Hall–Kier alpha value is -3.81. The molecule has 7 nitrogen and oxygen atoms in total. The SMILES string of the molecule is O=C(N/N=C/c1ccc(-c2ccc([N+](=O)[O-])cc2)o1)c1ccc(F)cc1. The largest absolute Gasteiger partial charge is 0.455 e. The molecule has 0 unspecified atom stereocenters. The zero-order valence-corrected chi connectivity index (χ0v) is 13.3. The second-order valence-corrected chi connectivity index (χ2v) is 5.21. The second kappa shape index (κ2) is 7.39. The fraction of sp³-hybridized carbons (Fsp3) is 0. The van der Waals surface area contributed by atoms with Crippen molar-refractivity contribution in [1.29, 1.82) is 0 Å². The highest BCUT2D eigenvalue weighted by Gasteiger charge is 2.08. The first-order valence-corrected chi connectivity index (χ1v) is 7.46. The van der Waals surface area contributed by atoms with E-state index in [1.165, 1.54) is 42.6 Å². The van der Waals surface area contributed by atoms with Gasteiger partial charge in [0.25, 0.3) is 11.6 Å². The van der Waals surface area contributed by atoms with Gasteiger partial charge in [-0.3, -0.25) is 14.9 Å². The zero-order valence-electron chi connectivity index (χ0n) is 13.3. The molecule has 0 radical (unpaired) electrons. The van der Waals surface area contributed by atoms with Crippen molar-refractivity contribution in [2.75, 3.05) is 0 Å². The number of non-ortho nitro benzene ring substituents is 1. The van der Waals surface area contributed by atoms with Gasteiger partial charge in [-0.15, -0.1) is 0 Å². The maximum absolute atomic E-state index is 12.8. The molecule has 0 aliphatic rings. The number of carbonyl (C=O) groups excluding carboxylic acids is 1. The summed E-state index contributed by atoms with van der Waals surface area (Å²) >= 11 is 0. The van der Waals surface area contributed by atoms with Crippen LogP contribution in [-0.2, 0) is 0 Å². The van der Waals surface area contributed by atoms with Crippen molar-refractivity contribution in [3.8, 4) is 11.3 Å². The third-order valence-corrected chi connectivity index (χ3v) is 3.45. The van der Waals surface area contributed by atoms with E-state index in [4.69, 9.17) is 4.42 Å². The van der Waals surface area contributed by atoms with E-state index in [0.29, 0.717) is 17.1 Å². The van der Waals surface area contributed by atoms with Gasteiger partial charge in [0, 0.05) is 23.3 Å². The van der Waals surface area contributed by atoms with E-state index < -0.39 is 16.6 Å². The Morgan fingerprint density at radius 3 is 2.42 bits per heavy atom. The van der Waals surface area contributed by atoms with Crippen molar-refractivity contribution in [3.05, 3.63) is 87.9 Å². The predicted molar refractivity (Wildman–Crippen MR) is 92.3 cm³/mol. The summed E-state index contributed by atoms with van der Waals surface area (Å²) in [4.78, 5) is 22.0. The van der Waals surface area contributed by atoms with Gasteiger partial charge in [-0.05, 0) is 48.5 Å². The number of hydrazone groups is 1. The van der Waals surface area contributed by atoms with Crippen molar-refractivity contribution in [2.45, 2.75) is 0 Å². The molecule has 3 aromatic rings. The fourth-order valence-electron chi connectivity index (χ4n) is 2.15. The van der Waals surface area contributed by atoms with Gasteiger partial charge in [0.15, 0.2) is 0 Å². The van der Waals surface area contributed by atoms with Gasteiger partial charge in [0.05, 0.1) is 11.1 Å². The summed E-state index contributed by atoms with van der Waals surface area (Å²) in [5.41, 5.74) is 3.24. The molecule has 0 spiro atoms. The van der Waals surface area contributed by atoms with Crippen LogP contribution in [0.15, 0.2) is 70.2 Å². The van der Waals surface area contributed by atoms with Gasteiger partial charge < -0.3 is 4.42 Å². The van der Waals surface area contributed by atoms with Crippen molar-refractivity contribution in [1.82, 2.24) is 5.43 Å². The summed E-state index contributed by atoms with van der Waals surface area (Å²) < 4.78 is 18.4. The van der Waals surface area contributed by atoms with Crippen LogP contribution in [0.5, 0.6) is 0 Å². The van der Waals surface area contributed by atoms with Gasteiger partial charge in [-0.2, -0.15) is 5.10 Å². The Labute approximate surface area is 146 Å². The van der Waals surface area contributed by atoms with E-state index in [9.17, 15) is 19.3 Å². The Bertz CT molecular complexity index is 963. The van der Waals surface area contributed by atoms with Crippen molar-refractivity contribution < 1.29 is 18.5 Å². The first-order chi connectivity index (χ1) is 12.5. The summed E-state index contributed by atoms with van der Waals surface area (Å²) in [5.74, 6) is -0.0215. The van der Waals surface area contributed by atoms with E-state index >= 15 is 0 Å². The molecule has 0 saturated carbocycles. The lowest BCUT2D eigenvalue weighted by Gasteiger charge is -1.99. The molecule has 2 aromatic carbocycles. The molecule has 0 aliphatic carbocycles. The molecule has 26 heavy (non-hydrogen) atoms. The Balaban J connectivity index is 1.64. The van der Waals surface area contributed by atoms with E-state index in [-0.39, 0.29) is 11.3 Å². The van der Waals surface area contributed by atoms with Crippen LogP contribution < -0.4 is 5.43 Å². The minimum Gasteiger partial charge on any atom is -0.455 e. The molecular weight excluding hydrogens is 341 g/mol. The molecule has 0 fully saturated rings. The second-order valence-electron chi connectivity index (χ2n) is 5.21. The smallest absolute Gasteiger partial charge is 0.271 e. The van der Waals surface area contributed by atoms with Gasteiger partial charge in [0.1, 0.15) is 17.3 Å². The molecule has 0 atom stereocenters. The van der Waals surface area contributed by atoms with Gasteiger partial charge in [-0.25, -0.2) is 9.82 Å². The van der Waals surface area contributed by atoms with Crippen LogP contribution >= 0.6 is 0 Å². The van der Waals surface area contributed by atoms with Crippen molar-refractivity contribution in [2.24, 2.45) is 5.10 Å². The normalized spacial score (nSPS) is 10.8. The number of hydrogen-bond donors (Lipinski definition) is 1. The summed E-state index contributed by atoms with van der Waals surface area (Å²) in [6, 6.07) is 14.3. The quantitative estimate of drug-likeness (QED) is 0.429. The molecule has 3 rings (SSSR count). The van der Waals surface area contributed by atoms with Crippen LogP contribution in [-0.4, -0.2) is 17.0 Å². The van der Waals surface area contributed by atoms with Crippen LogP contribution in [0.2, 0.25) is 0 Å². The van der Waals surface area contributed by atoms with Gasteiger partial charge in [0.2, 0.25) is 0 Å². The summed E-state index contributed by atoms with van der Waals surface area (Å²) in [7, 11) is 0. The number of carbonyl (C=O) groups is 1. The first-order valence-electron chi connectivity index (χ1n) is 7.46. The van der Waals surface area contributed by atoms with Gasteiger partial charge in [-0.1, -0.05) is 0 Å². The molecule has 1 amide bonds. The Kier molecular flexibility index (Phi) is 4.84. The molecule has 8 heteroatoms. The number of hydrogen-bond acceptors (Lipinski definition) is 5. The number of benzene rings is 2. The van der Waals surface area contributed by atoms with E-state index in [2.05, 4.69) is 10.5 Å². The number of nitro benzene ring substituents is 1. The highest BCUT2D eigenvalue weighted by atomic mass is 19.1. The monoisotopic (exact) mass is 353 g/mol. The number of furan rings is 1. The molecule has 0 aliphatic heterocycles. The average molecular weight is 353 g/mol. The van der Waals surface area contributed by atoms with Crippen molar-refractivity contribution >= 4 is 17.8 Å². The van der Waals surface area contributed by atoms with Crippen LogP contribution in [0.25, 0.3) is 11.3 Å². The predicted octanol–water partition coefficient (Wildman–Crippen LogP) is 3.76. The molecular formula is C18H12FN3O4. The average Bonchev–Trinajstić information content (AvgIpc) is 3.11. The minimum absolute atomic E-state index is 0.00871. The van der Waals surface area contributed by atoms with E-state index in [1.807, 2.05) is 0 Å². The van der Waals surface area contributed by atoms with E-state index in [1.54, 1.807) is 24.3 Å². The first kappa shape index (κ1) is 17.0. The number of halogens is 1. The van der Waals surface area contributed by atoms with Gasteiger partial charge >= 0.3 is 0 Å². The fourth-order valence-corrected chi connectivity index (χ4v) is 2.15. The van der Waals surface area contributed by atoms with E-state index in [0.717, 1.165) is 0 Å². The number of nitrogens with one attached hydrogen (secondary N) is 1. The number of nitro groups is 1. The van der Waals surface area contributed by atoms with Crippen LogP contribution in [0.1, 0.15) is 16.1 Å². The maximum atomic E-state index is 12.8. The third kappa shape index (κ3) is 3.99. The highest BCUT2D eigenvalue weighted by molar-refractivity contribution is 5.94. The number of nitrogens with zero attached hydrogens (tertiary/aromatic N) is 2. The lowest BCUT2D eigenvalue weighted by molar-refractivity contribution is -0.384. The van der Waals surface area contributed by atoms with Crippen LogP contribution in [0.4, 0.5) is 10.1 Å².